The molecule has 0 saturated carbocycles. The quantitative estimate of drug-likeness (QED) is 0.555. The van der Waals surface area contributed by atoms with Crippen molar-refractivity contribution in [2.75, 3.05) is 23.7 Å². The number of carbonyl (C=O) groups excluding carboxylic acids is 1. The standard InChI is InChI=1S/C20H24FN7O/c1-12-5-6-16(11-17(12)21)24-20(29)23-10-9-22-18-7-8-19(26-25-18)28-15(4)13(2)14(3)27-28/h5-8,11H,9-10H2,1-4H3,(H,22,25)(H2,23,24,29). The first kappa shape index (κ1) is 20.2. The molecule has 9 heteroatoms. The highest BCUT2D eigenvalue weighted by atomic mass is 19.1. The van der Waals surface area contributed by atoms with Crippen LogP contribution >= 0.6 is 0 Å². The van der Waals surface area contributed by atoms with E-state index in [1.807, 2.05) is 32.9 Å². The molecule has 0 fully saturated rings. The molecular weight excluding hydrogens is 373 g/mol. The fourth-order valence-corrected chi connectivity index (χ4v) is 2.69. The van der Waals surface area contributed by atoms with Gasteiger partial charge in [0.2, 0.25) is 0 Å². The summed E-state index contributed by atoms with van der Waals surface area (Å²) in [5, 5.41) is 21.2. The number of hydrogen-bond acceptors (Lipinski definition) is 5. The van der Waals surface area contributed by atoms with E-state index >= 15 is 0 Å². The summed E-state index contributed by atoms with van der Waals surface area (Å²) in [5.41, 5.74) is 4.05. The molecule has 0 aliphatic heterocycles. The van der Waals surface area contributed by atoms with Crippen molar-refractivity contribution in [2.24, 2.45) is 0 Å². The molecule has 0 radical (unpaired) electrons. The van der Waals surface area contributed by atoms with Crippen molar-refractivity contribution in [1.82, 2.24) is 25.3 Å². The molecule has 0 spiro atoms. The third kappa shape index (κ3) is 4.87. The van der Waals surface area contributed by atoms with E-state index in [9.17, 15) is 9.18 Å². The van der Waals surface area contributed by atoms with Crippen molar-refractivity contribution in [3.8, 4) is 5.82 Å². The Kier molecular flexibility index (Phi) is 6.06. The number of carbonyl (C=O) groups is 1. The lowest BCUT2D eigenvalue weighted by atomic mass is 10.2. The van der Waals surface area contributed by atoms with Crippen LogP contribution in [-0.4, -0.2) is 39.1 Å². The molecule has 3 N–H and O–H groups in total. The summed E-state index contributed by atoms with van der Waals surface area (Å²) in [6.07, 6.45) is 0. The van der Waals surface area contributed by atoms with Crippen molar-refractivity contribution in [1.29, 1.82) is 0 Å². The van der Waals surface area contributed by atoms with E-state index in [0.29, 0.717) is 36.0 Å². The van der Waals surface area contributed by atoms with Crippen molar-refractivity contribution >= 4 is 17.5 Å². The Morgan fingerprint density at radius 3 is 2.48 bits per heavy atom. The number of amides is 2. The third-order valence-electron chi connectivity index (χ3n) is 4.67. The lowest BCUT2D eigenvalue weighted by Gasteiger charge is -2.09. The molecule has 3 aromatic rings. The number of nitrogens with one attached hydrogen (secondary N) is 3. The summed E-state index contributed by atoms with van der Waals surface area (Å²) in [6, 6.07) is 7.79. The fourth-order valence-electron chi connectivity index (χ4n) is 2.69. The van der Waals surface area contributed by atoms with E-state index in [1.54, 1.807) is 23.7 Å². The van der Waals surface area contributed by atoms with Crippen LogP contribution in [0.5, 0.6) is 0 Å². The van der Waals surface area contributed by atoms with Crippen LogP contribution in [0.2, 0.25) is 0 Å². The van der Waals surface area contributed by atoms with Gasteiger partial charge in [-0.1, -0.05) is 6.07 Å². The van der Waals surface area contributed by atoms with Gasteiger partial charge in [0.05, 0.1) is 5.69 Å². The van der Waals surface area contributed by atoms with Gasteiger partial charge in [0.15, 0.2) is 5.82 Å². The van der Waals surface area contributed by atoms with Crippen LogP contribution < -0.4 is 16.0 Å². The minimum Gasteiger partial charge on any atom is -0.367 e. The van der Waals surface area contributed by atoms with Gasteiger partial charge in [0.1, 0.15) is 11.6 Å². The molecule has 8 nitrogen and oxygen atoms in total. The topological polar surface area (TPSA) is 96.8 Å². The number of benzene rings is 1. The summed E-state index contributed by atoms with van der Waals surface area (Å²) in [4.78, 5) is 11.9. The zero-order chi connectivity index (χ0) is 21.0. The molecule has 3 rings (SSSR count). The molecule has 0 unspecified atom stereocenters. The van der Waals surface area contributed by atoms with Gasteiger partial charge in [0, 0.05) is 24.5 Å². The number of urea groups is 1. The predicted molar refractivity (Wildman–Crippen MR) is 110 cm³/mol. The lowest BCUT2D eigenvalue weighted by molar-refractivity contribution is 0.252. The maximum absolute atomic E-state index is 13.5. The summed E-state index contributed by atoms with van der Waals surface area (Å²) in [7, 11) is 0. The minimum atomic E-state index is -0.406. The van der Waals surface area contributed by atoms with Crippen LogP contribution in [-0.2, 0) is 0 Å². The van der Waals surface area contributed by atoms with Gasteiger partial charge in [0.25, 0.3) is 0 Å². The smallest absolute Gasteiger partial charge is 0.319 e. The van der Waals surface area contributed by atoms with Crippen molar-refractivity contribution in [3.63, 3.8) is 0 Å². The van der Waals surface area contributed by atoms with Crippen LogP contribution in [0, 0.1) is 33.5 Å². The first-order valence-corrected chi connectivity index (χ1v) is 9.27. The minimum absolute atomic E-state index is 0.359. The average Bonchev–Trinajstić information content (AvgIpc) is 2.96. The number of anilines is 2. The fraction of sp³-hybridized carbons (Fsp3) is 0.300. The van der Waals surface area contributed by atoms with E-state index in [0.717, 1.165) is 17.0 Å². The molecule has 2 heterocycles. The summed E-state index contributed by atoms with van der Waals surface area (Å²) in [6.45, 7) is 8.46. The van der Waals surface area contributed by atoms with Gasteiger partial charge < -0.3 is 16.0 Å². The lowest BCUT2D eigenvalue weighted by Crippen LogP contribution is -2.32. The highest BCUT2D eigenvalue weighted by Crippen LogP contribution is 2.15. The highest BCUT2D eigenvalue weighted by molar-refractivity contribution is 5.89. The van der Waals surface area contributed by atoms with Gasteiger partial charge >= 0.3 is 6.03 Å². The molecule has 2 amide bonds. The molecule has 0 aliphatic rings. The number of hydrogen-bond donors (Lipinski definition) is 3. The van der Waals surface area contributed by atoms with E-state index in [4.69, 9.17) is 0 Å². The van der Waals surface area contributed by atoms with Gasteiger partial charge in [-0.05, 0) is 63.1 Å². The molecule has 1 aromatic carbocycles. The average molecular weight is 397 g/mol. The van der Waals surface area contributed by atoms with Crippen molar-refractivity contribution in [2.45, 2.75) is 27.7 Å². The first-order valence-electron chi connectivity index (χ1n) is 9.27. The monoisotopic (exact) mass is 397 g/mol. The Balaban J connectivity index is 1.46. The number of aromatic nitrogens is 4. The maximum atomic E-state index is 13.5. The summed E-state index contributed by atoms with van der Waals surface area (Å²) in [5.74, 6) is 0.879. The van der Waals surface area contributed by atoms with Crippen LogP contribution in [0.1, 0.15) is 22.5 Å². The SMILES string of the molecule is Cc1ccc(NC(=O)NCCNc2ccc(-n3nc(C)c(C)c3C)nn2)cc1F. The molecule has 0 aliphatic carbocycles. The normalized spacial score (nSPS) is 10.7. The highest BCUT2D eigenvalue weighted by Gasteiger charge is 2.10. The Hall–Kier alpha value is -3.49. The summed E-state index contributed by atoms with van der Waals surface area (Å²) >= 11 is 0. The second kappa shape index (κ2) is 8.68. The van der Waals surface area contributed by atoms with Gasteiger partial charge in [-0.3, -0.25) is 0 Å². The van der Waals surface area contributed by atoms with Crippen LogP contribution in [0.3, 0.4) is 0 Å². The second-order valence-corrected chi connectivity index (χ2v) is 6.76. The molecule has 0 saturated heterocycles. The molecular formula is C20H24FN7O. The third-order valence-corrected chi connectivity index (χ3v) is 4.67. The number of nitrogens with zero attached hydrogens (tertiary/aromatic N) is 4. The summed E-state index contributed by atoms with van der Waals surface area (Å²) < 4.78 is 15.3. The van der Waals surface area contributed by atoms with Crippen molar-refractivity contribution < 1.29 is 9.18 Å². The number of rotatable bonds is 6. The Bertz CT molecular complexity index is 1010. The second-order valence-electron chi connectivity index (χ2n) is 6.76. The van der Waals surface area contributed by atoms with Crippen LogP contribution in [0.15, 0.2) is 30.3 Å². The maximum Gasteiger partial charge on any atom is 0.319 e. The zero-order valence-corrected chi connectivity index (χ0v) is 16.9. The first-order chi connectivity index (χ1) is 13.8. The molecule has 29 heavy (non-hydrogen) atoms. The molecule has 2 aromatic heterocycles. The van der Waals surface area contributed by atoms with E-state index in [-0.39, 0.29) is 5.82 Å². The van der Waals surface area contributed by atoms with Gasteiger partial charge in [-0.25, -0.2) is 13.9 Å². The van der Waals surface area contributed by atoms with Gasteiger partial charge in [-0.15, -0.1) is 10.2 Å². The molecule has 0 bridgehead atoms. The van der Waals surface area contributed by atoms with E-state index < -0.39 is 6.03 Å². The Morgan fingerprint density at radius 2 is 1.86 bits per heavy atom. The predicted octanol–water partition coefficient (Wildman–Crippen LogP) is 3.27. The van der Waals surface area contributed by atoms with E-state index in [2.05, 4.69) is 31.2 Å². The zero-order valence-electron chi connectivity index (χ0n) is 16.9. The number of aryl methyl sites for hydroxylation is 2. The van der Waals surface area contributed by atoms with Crippen molar-refractivity contribution in [3.05, 3.63) is 58.7 Å². The Morgan fingerprint density at radius 1 is 1.07 bits per heavy atom. The Labute approximate surface area is 168 Å². The number of halogens is 1. The molecule has 0 atom stereocenters. The van der Waals surface area contributed by atoms with E-state index in [1.165, 1.54) is 6.07 Å². The van der Waals surface area contributed by atoms with Crippen LogP contribution in [0.25, 0.3) is 5.82 Å². The van der Waals surface area contributed by atoms with Crippen LogP contribution in [0.4, 0.5) is 20.7 Å². The molecule has 152 valence electrons. The largest absolute Gasteiger partial charge is 0.367 e. The van der Waals surface area contributed by atoms with Gasteiger partial charge in [-0.2, -0.15) is 5.10 Å².